The number of rotatable bonds is 2. The fraction of sp³-hybridized carbons (Fsp3) is 0.214. The van der Waals surface area contributed by atoms with Gasteiger partial charge in [-0.1, -0.05) is 72.8 Å². The lowest BCUT2D eigenvalue weighted by molar-refractivity contribution is 0.577. The highest BCUT2D eigenvalue weighted by Crippen LogP contribution is 2.46. The van der Waals surface area contributed by atoms with Crippen molar-refractivity contribution in [3.63, 3.8) is 0 Å². The van der Waals surface area contributed by atoms with Gasteiger partial charge >= 0.3 is 0 Å². The molecule has 0 unspecified atom stereocenters. The van der Waals surface area contributed by atoms with Crippen LogP contribution in [0.15, 0.2) is 78.9 Å². The SMILES string of the molecule is c1ccc2c(c1)Cc1c-2ccc(-c2ccc3ccccc3c2)c1N1CCCCC1. The predicted molar refractivity (Wildman–Crippen MR) is 124 cm³/mol. The van der Waals surface area contributed by atoms with Crippen molar-refractivity contribution in [2.24, 2.45) is 0 Å². The second-order valence-electron chi connectivity index (χ2n) is 8.43. The summed E-state index contributed by atoms with van der Waals surface area (Å²) in [7, 11) is 0. The minimum absolute atomic E-state index is 1.05. The van der Waals surface area contributed by atoms with Gasteiger partial charge in [0.05, 0.1) is 0 Å². The van der Waals surface area contributed by atoms with Crippen molar-refractivity contribution in [3.8, 4) is 22.3 Å². The number of anilines is 1. The van der Waals surface area contributed by atoms with Crippen LogP contribution < -0.4 is 4.90 Å². The van der Waals surface area contributed by atoms with E-state index in [0.717, 1.165) is 6.42 Å². The molecule has 0 N–H and O–H groups in total. The smallest absolute Gasteiger partial charge is 0.0488 e. The molecule has 1 heterocycles. The van der Waals surface area contributed by atoms with E-state index in [0.29, 0.717) is 0 Å². The summed E-state index contributed by atoms with van der Waals surface area (Å²) in [4.78, 5) is 2.67. The van der Waals surface area contributed by atoms with Gasteiger partial charge in [0.25, 0.3) is 0 Å². The van der Waals surface area contributed by atoms with Gasteiger partial charge in [-0.15, -0.1) is 0 Å². The average Bonchev–Trinajstić information content (AvgIpc) is 3.17. The molecule has 142 valence electrons. The number of hydrogen-bond donors (Lipinski definition) is 0. The molecule has 6 rings (SSSR count). The number of nitrogens with zero attached hydrogens (tertiary/aromatic N) is 1. The van der Waals surface area contributed by atoms with Crippen LogP contribution in [0.3, 0.4) is 0 Å². The number of fused-ring (bicyclic) bond motifs is 4. The van der Waals surface area contributed by atoms with Gasteiger partial charge in [0.2, 0.25) is 0 Å². The van der Waals surface area contributed by atoms with Crippen molar-refractivity contribution in [1.29, 1.82) is 0 Å². The van der Waals surface area contributed by atoms with Crippen molar-refractivity contribution in [1.82, 2.24) is 0 Å². The van der Waals surface area contributed by atoms with E-state index >= 15 is 0 Å². The molecule has 0 bridgehead atoms. The molecule has 1 saturated heterocycles. The van der Waals surface area contributed by atoms with Crippen LogP contribution in [0, 0.1) is 0 Å². The summed E-state index contributed by atoms with van der Waals surface area (Å²) in [5.41, 5.74) is 10.1. The average molecular weight is 376 g/mol. The minimum Gasteiger partial charge on any atom is -0.371 e. The fourth-order valence-corrected chi connectivity index (χ4v) is 5.26. The van der Waals surface area contributed by atoms with Crippen LogP contribution >= 0.6 is 0 Å². The first-order valence-electron chi connectivity index (χ1n) is 10.9. The van der Waals surface area contributed by atoms with Crippen LogP contribution in [0.25, 0.3) is 33.0 Å². The summed E-state index contributed by atoms with van der Waals surface area (Å²) in [6, 6.07) is 29.3. The standard InChI is InChI=1S/C28H25N/c1-6-16-29(17-7-1)28-25(23-13-12-20-8-2-3-9-21(20)18-23)14-15-26-24-11-5-4-10-22(24)19-27(26)28/h2-5,8-15,18H,1,6-7,16-17,19H2. The van der Waals surface area contributed by atoms with Gasteiger partial charge in [-0.25, -0.2) is 0 Å². The molecule has 0 atom stereocenters. The maximum absolute atomic E-state index is 2.67. The molecule has 4 aromatic carbocycles. The molecule has 0 saturated carbocycles. The van der Waals surface area contributed by atoms with Gasteiger partial charge in [-0.05, 0) is 63.9 Å². The Morgan fingerprint density at radius 1 is 0.586 bits per heavy atom. The summed E-state index contributed by atoms with van der Waals surface area (Å²) in [6.07, 6.45) is 5.01. The Balaban J connectivity index is 1.57. The number of piperidine rings is 1. The van der Waals surface area contributed by atoms with Gasteiger partial charge in [-0.3, -0.25) is 0 Å². The van der Waals surface area contributed by atoms with Crippen molar-refractivity contribution in [2.45, 2.75) is 25.7 Å². The molecule has 29 heavy (non-hydrogen) atoms. The van der Waals surface area contributed by atoms with Crippen LogP contribution in [0.1, 0.15) is 30.4 Å². The molecule has 2 aliphatic rings. The molecule has 0 radical (unpaired) electrons. The van der Waals surface area contributed by atoms with Crippen LogP contribution in [-0.2, 0) is 6.42 Å². The molecule has 1 aliphatic heterocycles. The van der Waals surface area contributed by atoms with Crippen LogP contribution in [-0.4, -0.2) is 13.1 Å². The summed E-state index contributed by atoms with van der Waals surface area (Å²) in [5.74, 6) is 0. The molecular formula is C28H25N. The zero-order valence-electron chi connectivity index (χ0n) is 16.7. The molecule has 0 amide bonds. The summed E-state index contributed by atoms with van der Waals surface area (Å²) in [6.45, 7) is 2.35. The number of hydrogen-bond acceptors (Lipinski definition) is 1. The van der Waals surface area contributed by atoms with Gasteiger partial charge in [0.1, 0.15) is 0 Å². The first-order valence-corrected chi connectivity index (χ1v) is 10.9. The van der Waals surface area contributed by atoms with Crippen molar-refractivity contribution < 1.29 is 0 Å². The highest BCUT2D eigenvalue weighted by atomic mass is 15.1. The molecule has 1 heteroatoms. The Labute approximate surface area is 172 Å². The van der Waals surface area contributed by atoms with Crippen molar-refractivity contribution in [3.05, 3.63) is 90.0 Å². The zero-order valence-corrected chi connectivity index (χ0v) is 16.7. The van der Waals surface area contributed by atoms with Crippen molar-refractivity contribution >= 4 is 16.5 Å². The van der Waals surface area contributed by atoms with Gasteiger partial charge in [0, 0.05) is 30.8 Å². The largest absolute Gasteiger partial charge is 0.371 e. The van der Waals surface area contributed by atoms with Crippen LogP contribution in [0.2, 0.25) is 0 Å². The number of benzene rings is 4. The first-order chi connectivity index (χ1) is 14.4. The topological polar surface area (TPSA) is 3.24 Å². The fourth-order valence-electron chi connectivity index (χ4n) is 5.26. The van der Waals surface area contributed by atoms with Crippen LogP contribution in [0.5, 0.6) is 0 Å². The predicted octanol–water partition coefficient (Wildman–Crippen LogP) is 7.07. The monoisotopic (exact) mass is 375 g/mol. The van der Waals surface area contributed by atoms with Gasteiger partial charge in [-0.2, -0.15) is 0 Å². The van der Waals surface area contributed by atoms with Crippen LogP contribution in [0.4, 0.5) is 5.69 Å². The second kappa shape index (κ2) is 6.77. The van der Waals surface area contributed by atoms with E-state index in [9.17, 15) is 0 Å². The van der Waals surface area contributed by atoms with E-state index in [2.05, 4.69) is 83.8 Å². The van der Waals surface area contributed by atoms with Gasteiger partial charge in [0.15, 0.2) is 0 Å². The molecular weight excluding hydrogens is 350 g/mol. The van der Waals surface area contributed by atoms with Crippen molar-refractivity contribution in [2.75, 3.05) is 18.0 Å². The summed E-state index contributed by atoms with van der Waals surface area (Å²) < 4.78 is 0. The highest BCUT2D eigenvalue weighted by Gasteiger charge is 2.27. The quantitative estimate of drug-likeness (QED) is 0.319. The Morgan fingerprint density at radius 2 is 1.34 bits per heavy atom. The van der Waals surface area contributed by atoms with Gasteiger partial charge < -0.3 is 4.90 Å². The first kappa shape index (κ1) is 16.9. The van der Waals surface area contributed by atoms with E-state index < -0.39 is 0 Å². The molecule has 1 fully saturated rings. The summed E-state index contributed by atoms with van der Waals surface area (Å²) >= 11 is 0. The lowest BCUT2D eigenvalue weighted by atomic mass is 9.93. The third-order valence-corrected chi connectivity index (χ3v) is 6.69. The minimum atomic E-state index is 1.05. The lowest BCUT2D eigenvalue weighted by Gasteiger charge is -2.33. The Bertz CT molecular complexity index is 1210. The molecule has 0 spiro atoms. The molecule has 1 aliphatic carbocycles. The molecule has 0 aromatic heterocycles. The lowest BCUT2D eigenvalue weighted by Crippen LogP contribution is -2.30. The molecule has 1 nitrogen and oxygen atoms in total. The zero-order chi connectivity index (χ0) is 19.2. The summed E-state index contributed by atoms with van der Waals surface area (Å²) in [5, 5.41) is 2.63. The normalized spacial score (nSPS) is 15.4. The van der Waals surface area contributed by atoms with E-state index in [1.54, 1.807) is 0 Å². The van der Waals surface area contributed by atoms with E-state index in [-0.39, 0.29) is 0 Å². The van der Waals surface area contributed by atoms with E-state index in [1.807, 2.05) is 0 Å². The Morgan fingerprint density at radius 3 is 2.24 bits per heavy atom. The second-order valence-corrected chi connectivity index (χ2v) is 8.43. The molecule has 4 aromatic rings. The van der Waals surface area contributed by atoms with E-state index in [1.165, 1.54) is 82.2 Å². The van der Waals surface area contributed by atoms with E-state index in [4.69, 9.17) is 0 Å². The Hall–Kier alpha value is -3.06. The maximum atomic E-state index is 2.67. The third-order valence-electron chi connectivity index (χ3n) is 6.69. The Kier molecular flexibility index (Phi) is 3.94. The third kappa shape index (κ3) is 2.76. The maximum Gasteiger partial charge on any atom is 0.0488 e. The highest BCUT2D eigenvalue weighted by molar-refractivity contribution is 5.94.